The molecule has 0 radical (unpaired) electrons. The van der Waals surface area contributed by atoms with Crippen LogP contribution < -0.4 is 0 Å². The molecular weight excluding hydrogens is 330 g/mol. The topological polar surface area (TPSA) is 26.0 Å². The largest absolute Gasteiger partial charge is 0.437 e. The molecule has 0 aliphatic carbocycles. The fraction of sp³-hybridized carbons (Fsp3) is 0.0800. The number of benzene rings is 3. The highest BCUT2D eigenvalue weighted by molar-refractivity contribution is 6.18. The van der Waals surface area contributed by atoms with E-state index in [1.54, 1.807) is 6.20 Å². The Bertz CT molecular complexity index is 1390. The van der Waals surface area contributed by atoms with Crippen molar-refractivity contribution in [3.05, 3.63) is 90.1 Å². The molecule has 0 saturated carbocycles. The van der Waals surface area contributed by atoms with E-state index in [2.05, 4.69) is 85.6 Å². The summed E-state index contributed by atoms with van der Waals surface area (Å²) < 4.78 is 6.44. The van der Waals surface area contributed by atoms with Crippen molar-refractivity contribution >= 4 is 43.6 Å². The van der Waals surface area contributed by atoms with E-state index in [0.29, 0.717) is 5.71 Å². The number of para-hydroxylation sites is 1. The van der Waals surface area contributed by atoms with Gasteiger partial charge in [-0.25, -0.2) is 4.98 Å². The van der Waals surface area contributed by atoms with Crippen LogP contribution in [0.4, 0.5) is 0 Å². The van der Waals surface area contributed by atoms with Crippen LogP contribution in [0, 0.1) is 13.8 Å². The number of rotatable bonds is 0. The van der Waals surface area contributed by atoms with Crippen molar-refractivity contribution in [3.63, 3.8) is 0 Å². The van der Waals surface area contributed by atoms with Gasteiger partial charge in [-0.15, -0.1) is 0 Å². The molecule has 130 valence electrons. The Balaban J connectivity index is 2.28. The molecule has 2 nitrogen and oxygen atoms in total. The molecular formula is C25H19NO. The summed E-state index contributed by atoms with van der Waals surface area (Å²) in [7, 11) is 0. The van der Waals surface area contributed by atoms with E-state index in [4.69, 9.17) is 4.42 Å². The Morgan fingerprint density at radius 2 is 1.33 bits per heavy atom. The molecule has 27 heavy (non-hydrogen) atoms. The Kier molecular flexibility index (Phi) is 3.58. The van der Waals surface area contributed by atoms with Gasteiger partial charge in [-0.1, -0.05) is 66.2 Å². The molecule has 0 bridgehead atoms. The number of hydrogen-bond acceptors (Lipinski definition) is 2. The molecule has 2 heterocycles. The fourth-order valence-corrected chi connectivity index (χ4v) is 3.84. The van der Waals surface area contributed by atoms with E-state index in [0.717, 1.165) is 27.3 Å². The van der Waals surface area contributed by atoms with E-state index in [1.807, 2.05) is 6.07 Å². The average Bonchev–Trinajstić information content (AvgIpc) is 2.74. The molecule has 0 N–H and O–H groups in total. The summed E-state index contributed by atoms with van der Waals surface area (Å²) >= 11 is 0. The summed E-state index contributed by atoms with van der Waals surface area (Å²) in [5.41, 5.74) is 3.85. The van der Waals surface area contributed by atoms with Crippen molar-refractivity contribution in [2.75, 3.05) is 0 Å². The quantitative estimate of drug-likeness (QED) is 0.300. The Morgan fingerprint density at radius 1 is 0.630 bits per heavy atom. The number of fused-ring (bicyclic) bond motifs is 7. The van der Waals surface area contributed by atoms with Gasteiger partial charge in [0.05, 0.1) is 0 Å². The van der Waals surface area contributed by atoms with Gasteiger partial charge in [0, 0.05) is 17.0 Å². The maximum atomic E-state index is 6.44. The van der Waals surface area contributed by atoms with Crippen molar-refractivity contribution in [1.29, 1.82) is 0 Å². The second kappa shape index (κ2) is 6.10. The van der Waals surface area contributed by atoms with Crippen LogP contribution in [0.25, 0.3) is 43.6 Å². The van der Waals surface area contributed by atoms with Crippen molar-refractivity contribution < 1.29 is 4.42 Å². The van der Waals surface area contributed by atoms with Crippen LogP contribution in [0.15, 0.2) is 83.4 Å². The first-order valence-corrected chi connectivity index (χ1v) is 9.15. The predicted molar refractivity (Wildman–Crippen MR) is 114 cm³/mol. The molecule has 5 rings (SSSR count). The smallest absolute Gasteiger partial charge is 0.227 e. The first-order chi connectivity index (χ1) is 13.2. The minimum atomic E-state index is 0.644. The minimum Gasteiger partial charge on any atom is -0.437 e. The third-order valence-electron chi connectivity index (χ3n) is 5.15. The van der Waals surface area contributed by atoms with Crippen LogP contribution in [-0.2, 0) is 0 Å². The molecule has 0 saturated heterocycles. The van der Waals surface area contributed by atoms with Crippen LogP contribution in [-0.4, -0.2) is 4.98 Å². The van der Waals surface area contributed by atoms with Gasteiger partial charge in [0.1, 0.15) is 5.58 Å². The van der Waals surface area contributed by atoms with Crippen molar-refractivity contribution in [1.82, 2.24) is 4.98 Å². The summed E-state index contributed by atoms with van der Waals surface area (Å²) in [5, 5.41) is 6.84. The zero-order valence-corrected chi connectivity index (χ0v) is 15.4. The van der Waals surface area contributed by atoms with Crippen LogP contribution in [0.3, 0.4) is 0 Å². The minimum absolute atomic E-state index is 0.644. The van der Waals surface area contributed by atoms with Gasteiger partial charge in [0.15, 0.2) is 0 Å². The molecule has 0 fully saturated rings. The first-order valence-electron chi connectivity index (χ1n) is 9.15. The monoisotopic (exact) mass is 349 g/mol. The highest BCUT2D eigenvalue weighted by Gasteiger charge is 2.08. The van der Waals surface area contributed by atoms with E-state index < -0.39 is 0 Å². The van der Waals surface area contributed by atoms with Crippen molar-refractivity contribution in [3.8, 4) is 0 Å². The molecule has 0 unspecified atom stereocenters. The van der Waals surface area contributed by atoms with Crippen molar-refractivity contribution in [2.45, 2.75) is 13.8 Å². The van der Waals surface area contributed by atoms with E-state index in [1.165, 1.54) is 21.7 Å². The lowest BCUT2D eigenvalue weighted by molar-refractivity contribution is 0.645. The normalized spacial score (nSPS) is 11.3. The molecule has 5 aromatic rings. The van der Waals surface area contributed by atoms with Gasteiger partial charge < -0.3 is 4.42 Å². The van der Waals surface area contributed by atoms with Gasteiger partial charge in [-0.3, -0.25) is 0 Å². The second-order valence-electron chi connectivity index (χ2n) is 7.00. The number of nitrogens with zero attached hydrogens (tertiary/aromatic N) is 1. The molecule has 3 aromatic carbocycles. The SMILES string of the molecule is Cc1ccc2c(c1)c1cccc(C)c1oc1ncccc1c1ccccc12. The predicted octanol–water partition coefficient (Wildman–Crippen LogP) is 7.03. The van der Waals surface area contributed by atoms with E-state index >= 15 is 0 Å². The number of aryl methyl sites for hydroxylation is 2. The molecule has 2 aromatic heterocycles. The third kappa shape index (κ3) is 2.53. The molecule has 0 atom stereocenters. The molecule has 0 aliphatic heterocycles. The van der Waals surface area contributed by atoms with E-state index in [9.17, 15) is 0 Å². The van der Waals surface area contributed by atoms with Crippen molar-refractivity contribution in [2.24, 2.45) is 0 Å². The third-order valence-corrected chi connectivity index (χ3v) is 5.15. The lowest BCUT2D eigenvalue weighted by Crippen LogP contribution is -1.80. The van der Waals surface area contributed by atoms with Gasteiger partial charge >= 0.3 is 0 Å². The number of pyridine rings is 1. The maximum Gasteiger partial charge on any atom is 0.227 e. The summed E-state index contributed by atoms with van der Waals surface area (Å²) in [6.07, 6.45) is 1.79. The molecule has 0 aliphatic rings. The zero-order valence-electron chi connectivity index (χ0n) is 15.4. The fourth-order valence-electron chi connectivity index (χ4n) is 3.84. The highest BCUT2D eigenvalue weighted by atomic mass is 16.3. The molecule has 0 spiro atoms. The van der Waals surface area contributed by atoms with E-state index in [-0.39, 0.29) is 0 Å². The molecule has 2 heteroatoms. The second-order valence-corrected chi connectivity index (χ2v) is 7.00. The Morgan fingerprint density at radius 3 is 2.19 bits per heavy atom. The maximum absolute atomic E-state index is 6.44. The van der Waals surface area contributed by atoms with Crippen LogP contribution >= 0.6 is 0 Å². The Hall–Kier alpha value is -3.39. The molecule has 0 amide bonds. The summed E-state index contributed by atoms with van der Waals surface area (Å²) in [5.74, 6) is 0. The highest BCUT2D eigenvalue weighted by Crippen LogP contribution is 2.33. The standard InChI is InChI=1S/C25H19NO/c1-16-12-13-20-18-8-3-4-9-19(18)22-11-6-14-26-25(22)27-24-17(2)7-5-10-21(24)23(20)15-16/h3-15H,1-2H3. The average molecular weight is 349 g/mol. The first kappa shape index (κ1) is 15.8. The lowest BCUT2D eigenvalue weighted by atomic mass is 10.00. The van der Waals surface area contributed by atoms with Gasteiger partial charge in [0.25, 0.3) is 0 Å². The summed E-state index contributed by atoms with van der Waals surface area (Å²) in [6, 6.07) is 25.5. The van der Waals surface area contributed by atoms with Gasteiger partial charge in [0.2, 0.25) is 5.71 Å². The summed E-state index contributed by atoms with van der Waals surface area (Å²) in [6.45, 7) is 4.22. The Labute approximate surface area is 157 Å². The van der Waals surface area contributed by atoms with Gasteiger partial charge in [-0.2, -0.15) is 0 Å². The lowest BCUT2D eigenvalue weighted by Gasteiger charge is -2.04. The van der Waals surface area contributed by atoms with Crippen LogP contribution in [0.5, 0.6) is 0 Å². The van der Waals surface area contributed by atoms with Crippen LogP contribution in [0.2, 0.25) is 0 Å². The van der Waals surface area contributed by atoms with Gasteiger partial charge in [-0.05, 0) is 53.1 Å². The zero-order chi connectivity index (χ0) is 18.4. The summed E-state index contributed by atoms with van der Waals surface area (Å²) in [4.78, 5) is 4.56. The van der Waals surface area contributed by atoms with Crippen LogP contribution in [0.1, 0.15) is 11.1 Å². The number of aromatic nitrogens is 1. The number of hydrogen-bond donors (Lipinski definition) is 0.